The van der Waals surface area contributed by atoms with Crippen LogP contribution in [0.2, 0.25) is 0 Å². The fraction of sp³-hybridized carbons (Fsp3) is 0.0769. The number of rotatable bonds is 2. The third-order valence-electron chi connectivity index (χ3n) is 2.44. The molecule has 92 valence electrons. The second-order valence-corrected chi connectivity index (χ2v) is 3.87. The van der Waals surface area contributed by atoms with E-state index in [0.717, 1.165) is 0 Å². The van der Waals surface area contributed by atoms with Crippen LogP contribution in [0.1, 0.15) is 16.1 Å². The average molecular weight is 245 g/mol. The Morgan fingerprint density at radius 2 is 2.17 bits per heavy atom. The molecule has 5 heteroatoms. The summed E-state index contributed by atoms with van der Waals surface area (Å²) in [6.45, 7) is 1.71. The van der Waals surface area contributed by atoms with Crippen LogP contribution in [0.15, 0.2) is 36.5 Å². The lowest BCUT2D eigenvalue weighted by Gasteiger charge is -2.07. The highest BCUT2D eigenvalue weighted by Gasteiger charge is 2.10. The number of aromatic nitrogens is 1. The Labute approximate surface area is 104 Å². The summed E-state index contributed by atoms with van der Waals surface area (Å²) in [6, 6.07) is 7.22. The number of halogens is 1. The van der Waals surface area contributed by atoms with Crippen LogP contribution in [0.25, 0.3) is 0 Å². The molecule has 0 saturated heterocycles. The summed E-state index contributed by atoms with van der Waals surface area (Å²) < 4.78 is 13.0. The number of carbonyl (C=O) groups excluding carboxylic acids is 1. The minimum Gasteiger partial charge on any atom is -0.397 e. The second-order valence-electron chi connectivity index (χ2n) is 3.87. The number of nitrogens with one attached hydrogen (secondary N) is 1. The van der Waals surface area contributed by atoms with E-state index in [-0.39, 0.29) is 5.91 Å². The van der Waals surface area contributed by atoms with E-state index in [1.54, 1.807) is 13.0 Å². The monoisotopic (exact) mass is 245 g/mol. The summed E-state index contributed by atoms with van der Waals surface area (Å²) in [5.74, 6) is -0.770. The Kier molecular flexibility index (Phi) is 3.23. The Bertz CT molecular complexity index is 599. The standard InChI is InChI=1S/C13H12FN3O/c1-8-12(6-10(15)7-16-8)13(18)17-11-4-2-3-9(14)5-11/h2-7H,15H2,1H3,(H,17,18). The molecule has 2 aromatic rings. The van der Waals surface area contributed by atoms with Crippen molar-refractivity contribution in [2.24, 2.45) is 0 Å². The van der Waals surface area contributed by atoms with Crippen LogP contribution in [-0.4, -0.2) is 10.9 Å². The second kappa shape index (κ2) is 4.83. The van der Waals surface area contributed by atoms with Gasteiger partial charge in [-0.25, -0.2) is 4.39 Å². The lowest BCUT2D eigenvalue weighted by Crippen LogP contribution is -2.14. The number of nitrogens with two attached hydrogens (primary N) is 1. The summed E-state index contributed by atoms with van der Waals surface area (Å²) in [6.07, 6.45) is 1.48. The molecule has 0 fully saturated rings. The first-order chi connectivity index (χ1) is 8.56. The van der Waals surface area contributed by atoms with Crippen LogP contribution in [0.5, 0.6) is 0 Å². The van der Waals surface area contributed by atoms with Crippen molar-refractivity contribution in [3.63, 3.8) is 0 Å². The van der Waals surface area contributed by atoms with Crippen molar-refractivity contribution in [1.82, 2.24) is 4.98 Å². The number of nitrogens with zero attached hydrogens (tertiary/aromatic N) is 1. The van der Waals surface area contributed by atoms with Crippen molar-refractivity contribution in [3.8, 4) is 0 Å². The minimum absolute atomic E-state index is 0.363. The number of amides is 1. The lowest BCUT2D eigenvalue weighted by atomic mass is 10.1. The highest BCUT2D eigenvalue weighted by atomic mass is 19.1. The molecule has 1 heterocycles. The van der Waals surface area contributed by atoms with Crippen LogP contribution in [0.4, 0.5) is 15.8 Å². The zero-order valence-corrected chi connectivity index (χ0v) is 9.77. The van der Waals surface area contributed by atoms with Gasteiger partial charge in [0.25, 0.3) is 5.91 Å². The lowest BCUT2D eigenvalue weighted by molar-refractivity contribution is 0.102. The van der Waals surface area contributed by atoms with E-state index in [9.17, 15) is 9.18 Å². The van der Waals surface area contributed by atoms with Gasteiger partial charge in [0, 0.05) is 5.69 Å². The maximum atomic E-state index is 13.0. The summed E-state index contributed by atoms with van der Waals surface area (Å²) in [4.78, 5) is 16.0. The molecule has 0 aliphatic rings. The van der Waals surface area contributed by atoms with Gasteiger partial charge in [0.1, 0.15) is 5.82 Å². The molecule has 1 amide bonds. The Morgan fingerprint density at radius 3 is 2.89 bits per heavy atom. The van der Waals surface area contributed by atoms with Gasteiger partial charge in [-0.2, -0.15) is 0 Å². The number of hydrogen-bond donors (Lipinski definition) is 2. The molecule has 0 saturated carbocycles. The molecule has 3 N–H and O–H groups in total. The van der Waals surface area contributed by atoms with Gasteiger partial charge in [0.15, 0.2) is 0 Å². The van der Waals surface area contributed by atoms with Gasteiger partial charge in [-0.05, 0) is 31.2 Å². The van der Waals surface area contributed by atoms with E-state index in [4.69, 9.17) is 5.73 Å². The Hall–Kier alpha value is -2.43. The number of anilines is 2. The normalized spacial score (nSPS) is 10.1. The van der Waals surface area contributed by atoms with E-state index < -0.39 is 5.82 Å². The van der Waals surface area contributed by atoms with Gasteiger partial charge in [-0.3, -0.25) is 9.78 Å². The topological polar surface area (TPSA) is 68.0 Å². The van der Waals surface area contributed by atoms with E-state index in [1.807, 2.05) is 0 Å². The molecule has 0 aliphatic heterocycles. The number of hydrogen-bond acceptors (Lipinski definition) is 3. The maximum absolute atomic E-state index is 13.0. The average Bonchev–Trinajstić information content (AvgIpc) is 2.32. The van der Waals surface area contributed by atoms with Gasteiger partial charge in [-0.1, -0.05) is 6.07 Å². The van der Waals surface area contributed by atoms with Crippen molar-refractivity contribution in [2.45, 2.75) is 6.92 Å². The van der Waals surface area contributed by atoms with E-state index >= 15 is 0 Å². The predicted molar refractivity (Wildman–Crippen MR) is 67.7 cm³/mol. The Balaban J connectivity index is 2.24. The van der Waals surface area contributed by atoms with Crippen LogP contribution in [-0.2, 0) is 0 Å². The molecule has 0 bridgehead atoms. The molecule has 1 aromatic heterocycles. The first-order valence-electron chi connectivity index (χ1n) is 5.35. The van der Waals surface area contributed by atoms with Crippen molar-refractivity contribution >= 4 is 17.3 Å². The quantitative estimate of drug-likeness (QED) is 0.853. The summed E-state index contributed by atoms with van der Waals surface area (Å²) >= 11 is 0. The van der Waals surface area contributed by atoms with E-state index in [0.29, 0.717) is 22.6 Å². The molecule has 0 unspecified atom stereocenters. The first kappa shape index (κ1) is 12.0. The molecule has 2 rings (SSSR count). The van der Waals surface area contributed by atoms with Crippen molar-refractivity contribution < 1.29 is 9.18 Å². The molecule has 0 spiro atoms. The smallest absolute Gasteiger partial charge is 0.257 e. The van der Waals surface area contributed by atoms with Gasteiger partial charge < -0.3 is 11.1 Å². The fourth-order valence-corrected chi connectivity index (χ4v) is 1.54. The molecular weight excluding hydrogens is 233 g/mol. The number of pyridine rings is 1. The van der Waals surface area contributed by atoms with Crippen LogP contribution in [0.3, 0.4) is 0 Å². The van der Waals surface area contributed by atoms with Gasteiger partial charge >= 0.3 is 0 Å². The fourth-order valence-electron chi connectivity index (χ4n) is 1.54. The van der Waals surface area contributed by atoms with Crippen molar-refractivity contribution in [3.05, 3.63) is 53.6 Å². The van der Waals surface area contributed by atoms with Gasteiger partial charge in [0.2, 0.25) is 0 Å². The summed E-state index contributed by atoms with van der Waals surface area (Å²) in [5.41, 5.74) is 7.32. The molecule has 4 nitrogen and oxygen atoms in total. The summed E-state index contributed by atoms with van der Waals surface area (Å²) in [7, 11) is 0. The van der Waals surface area contributed by atoms with Crippen LogP contribution >= 0.6 is 0 Å². The molecule has 0 atom stereocenters. The van der Waals surface area contributed by atoms with E-state index in [1.165, 1.54) is 30.5 Å². The first-order valence-corrected chi connectivity index (χ1v) is 5.35. The third kappa shape index (κ3) is 2.63. The van der Waals surface area contributed by atoms with E-state index in [2.05, 4.69) is 10.3 Å². The maximum Gasteiger partial charge on any atom is 0.257 e. The molecule has 0 aliphatic carbocycles. The SMILES string of the molecule is Cc1ncc(N)cc1C(=O)Nc1cccc(F)c1. The zero-order valence-electron chi connectivity index (χ0n) is 9.77. The third-order valence-corrected chi connectivity index (χ3v) is 2.44. The number of carbonyl (C=O) groups is 1. The zero-order chi connectivity index (χ0) is 13.1. The number of benzene rings is 1. The van der Waals surface area contributed by atoms with Crippen molar-refractivity contribution in [1.29, 1.82) is 0 Å². The van der Waals surface area contributed by atoms with Gasteiger partial charge in [-0.15, -0.1) is 0 Å². The summed E-state index contributed by atoms with van der Waals surface area (Å²) in [5, 5.41) is 2.59. The predicted octanol–water partition coefficient (Wildman–Crippen LogP) is 2.36. The largest absolute Gasteiger partial charge is 0.397 e. The molecule has 1 aromatic carbocycles. The molecule has 18 heavy (non-hydrogen) atoms. The van der Waals surface area contributed by atoms with Gasteiger partial charge in [0.05, 0.1) is 23.1 Å². The number of aryl methyl sites for hydroxylation is 1. The number of nitrogen functional groups attached to an aromatic ring is 1. The molecule has 0 radical (unpaired) electrons. The van der Waals surface area contributed by atoms with Crippen LogP contribution < -0.4 is 11.1 Å². The Morgan fingerprint density at radius 1 is 1.39 bits per heavy atom. The van der Waals surface area contributed by atoms with Crippen LogP contribution in [0, 0.1) is 12.7 Å². The molecular formula is C13H12FN3O. The highest BCUT2D eigenvalue weighted by molar-refractivity contribution is 6.05. The van der Waals surface area contributed by atoms with Crippen molar-refractivity contribution in [2.75, 3.05) is 11.1 Å². The highest BCUT2D eigenvalue weighted by Crippen LogP contribution is 2.14. The minimum atomic E-state index is -0.407.